The molecule has 0 aliphatic rings. The maximum absolute atomic E-state index is 12.3. The van der Waals surface area contributed by atoms with Gasteiger partial charge in [-0.05, 0) is 24.5 Å². The number of nitro groups is 1. The van der Waals surface area contributed by atoms with Crippen molar-refractivity contribution >= 4 is 23.3 Å². The first-order chi connectivity index (χ1) is 13.3. The third-order valence-electron chi connectivity index (χ3n) is 4.17. The first-order valence-corrected chi connectivity index (χ1v) is 8.69. The molecule has 1 N–H and O–H groups in total. The number of hydrogen-bond donors (Lipinski definition) is 1. The number of non-ortho nitro benzene ring substituents is 1. The highest BCUT2D eigenvalue weighted by Gasteiger charge is 2.21. The van der Waals surface area contributed by atoms with E-state index in [1.165, 1.54) is 32.2 Å². The SMILES string of the molecule is COc1cc([N+](=O)[O-])ccc1NC(=O)[C@H](C)OC(=O)C[C@H](C)c1ccccc1. The predicted molar refractivity (Wildman–Crippen MR) is 103 cm³/mol. The number of rotatable bonds is 8. The highest BCUT2D eigenvalue weighted by molar-refractivity contribution is 5.96. The molecule has 0 saturated heterocycles. The molecule has 0 spiro atoms. The molecular weight excluding hydrogens is 364 g/mol. The van der Waals surface area contributed by atoms with Crippen molar-refractivity contribution in [3.8, 4) is 5.75 Å². The molecule has 0 saturated carbocycles. The number of nitrogens with one attached hydrogen (secondary N) is 1. The van der Waals surface area contributed by atoms with Crippen molar-refractivity contribution in [2.45, 2.75) is 32.3 Å². The Morgan fingerprint density at radius 3 is 2.43 bits per heavy atom. The number of nitro benzene ring substituents is 1. The summed E-state index contributed by atoms with van der Waals surface area (Å²) in [7, 11) is 1.34. The smallest absolute Gasteiger partial charge is 0.307 e. The van der Waals surface area contributed by atoms with Crippen LogP contribution in [0.2, 0.25) is 0 Å². The molecule has 2 aromatic carbocycles. The summed E-state index contributed by atoms with van der Waals surface area (Å²) in [5, 5.41) is 13.4. The van der Waals surface area contributed by atoms with Gasteiger partial charge in [-0.15, -0.1) is 0 Å². The number of carbonyl (C=O) groups is 2. The Bertz CT molecular complexity index is 853. The number of esters is 1. The first kappa shape index (κ1) is 20.9. The molecular formula is C20H22N2O6. The largest absolute Gasteiger partial charge is 0.494 e. The van der Waals surface area contributed by atoms with Crippen molar-refractivity contribution < 1.29 is 24.0 Å². The second-order valence-corrected chi connectivity index (χ2v) is 6.28. The normalized spacial score (nSPS) is 12.5. The summed E-state index contributed by atoms with van der Waals surface area (Å²) in [6, 6.07) is 13.3. The van der Waals surface area contributed by atoms with Crippen LogP contribution in [0.4, 0.5) is 11.4 Å². The zero-order chi connectivity index (χ0) is 20.7. The molecule has 148 valence electrons. The van der Waals surface area contributed by atoms with E-state index in [-0.39, 0.29) is 29.5 Å². The molecule has 2 rings (SSSR count). The predicted octanol–water partition coefficient (Wildman–Crippen LogP) is 3.67. The van der Waals surface area contributed by atoms with Crippen molar-refractivity contribution in [1.82, 2.24) is 0 Å². The minimum Gasteiger partial charge on any atom is -0.494 e. The zero-order valence-electron chi connectivity index (χ0n) is 15.9. The lowest BCUT2D eigenvalue weighted by atomic mass is 9.98. The number of nitrogens with zero attached hydrogens (tertiary/aromatic N) is 1. The Hall–Kier alpha value is -3.42. The van der Waals surface area contributed by atoms with Gasteiger partial charge in [-0.25, -0.2) is 0 Å². The highest BCUT2D eigenvalue weighted by Crippen LogP contribution is 2.29. The van der Waals surface area contributed by atoms with Crippen LogP contribution in [-0.4, -0.2) is 30.0 Å². The van der Waals surface area contributed by atoms with Crippen LogP contribution in [0.1, 0.15) is 31.7 Å². The quantitative estimate of drug-likeness (QED) is 0.421. The Kier molecular flexibility index (Phi) is 7.08. The van der Waals surface area contributed by atoms with Gasteiger partial charge in [-0.1, -0.05) is 37.3 Å². The second-order valence-electron chi connectivity index (χ2n) is 6.28. The fourth-order valence-electron chi connectivity index (χ4n) is 2.58. The first-order valence-electron chi connectivity index (χ1n) is 8.69. The lowest BCUT2D eigenvalue weighted by Crippen LogP contribution is -2.30. The number of carbonyl (C=O) groups excluding carboxylic acids is 2. The fraction of sp³-hybridized carbons (Fsp3) is 0.300. The monoisotopic (exact) mass is 386 g/mol. The van der Waals surface area contributed by atoms with E-state index in [1.54, 1.807) is 0 Å². The highest BCUT2D eigenvalue weighted by atomic mass is 16.6. The van der Waals surface area contributed by atoms with E-state index in [2.05, 4.69) is 5.32 Å². The van der Waals surface area contributed by atoms with Crippen LogP contribution in [0.5, 0.6) is 5.75 Å². The number of hydrogen-bond acceptors (Lipinski definition) is 6. The summed E-state index contributed by atoms with van der Waals surface area (Å²) >= 11 is 0. The van der Waals surface area contributed by atoms with E-state index in [4.69, 9.17) is 9.47 Å². The lowest BCUT2D eigenvalue weighted by molar-refractivity contribution is -0.384. The van der Waals surface area contributed by atoms with Gasteiger partial charge in [0.1, 0.15) is 5.75 Å². The third kappa shape index (κ3) is 5.54. The maximum Gasteiger partial charge on any atom is 0.307 e. The van der Waals surface area contributed by atoms with Gasteiger partial charge in [0.05, 0.1) is 30.2 Å². The Morgan fingerprint density at radius 1 is 1.14 bits per heavy atom. The number of benzene rings is 2. The summed E-state index contributed by atoms with van der Waals surface area (Å²) in [6.45, 7) is 3.36. The van der Waals surface area contributed by atoms with Crippen LogP contribution in [0.3, 0.4) is 0 Å². The van der Waals surface area contributed by atoms with E-state index in [0.717, 1.165) is 5.56 Å². The van der Waals surface area contributed by atoms with Gasteiger partial charge < -0.3 is 14.8 Å². The molecule has 1 amide bonds. The summed E-state index contributed by atoms with van der Waals surface area (Å²) in [5.41, 5.74) is 1.09. The maximum atomic E-state index is 12.3. The third-order valence-corrected chi connectivity index (χ3v) is 4.17. The molecule has 0 aliphatic heterocycles. The van der Waals surface area contributed by atoms with Gasteiger partial charge >= 0.3 is 5.97 Å². The van der Waals surface area contributed by atoms with Crippen molar-refractivity contribution in [3.05, 3.63) is 64.2 Å². The van der Waals surface area contributed by atoms with Crippen LogP contribution in [-0.2, 0) is 14.3 Å². The van der Waals surface area contributed by atoms with Crippen molar-refractivity contribution in [1.29, 1.82) is 0 Å². The van der Waals surface area contributed by atoms with Crippen LogP contribution in [0.25, 0.3) is 0 Å². The average molecular weight is 386 g/mol. The van der Waals surface area contributed by atoms with Crippen LogP contribution < -0.4 is 10.1 Å². The Balaban J connectivity index is 1.95. The van der Waals surface area contributed by atoms with E-state index in [0.29, 0.717) is 0 Å². The van der Waals surface area contributed by atoms with Crippen molar-refractivity contribution in [2.75, 3.05) is 12.4 Å². The minimum absolute atomic E-state index is 0.0428. The fourth-order valence-corrected chi connectivity index (χ4v) is 2.58. The second kappa shape index (κ2) is 9.50. The van der Waals surface area contributed by atoms with Gasteiger partial charge in [-0.2, -0.15) is 0 Å². The molecule has 0 radical (unpaired) electrons. The van der Waals surface area contributed by atoms with Gasteiger partial charge in [0.2, 0.25) is 0 Å². The van der Waals surface area contributed by atoms with Gasteiger partial charge in [0, 0.05) is 6.07 Å². The number of amides is 1. The van der Waals surface area contributed by atoms with E-state index < -0.39 is 22.9 Å². The Morgan fingerprint density at radius 2 is 1.82 bits per heavy atom. The average Bonchev–Trinajstić information content (AvgIpc) is 2.68. The van der Waals surface area contributed by atoms with Crippen LogP contribution >= 0.6 is 0 Å². The van der Waals surface area contributed by atoms with Gasteiger partial charge in [0.15, 0.2) is 6.10 Å². The molecule has 2 atom stereocenters. The topological polar surface area (TPSA) is 108 Å². The number of anilines is 1. The van der Waals surface area contributed by atoms with Gasteiger partial charge in [-0.3, -0.25) is 19.7 Å². The molecule has 0 bridgehead atoms. The summed E-state index contributed by atoms with van der Waals surface area (Å²) < 4.78 is 10.3. The molecule has 0 fully saturated rings. The van der Waals surface area contributed by atoms with E-state index in [1.807, 2.05) is 37.3 Å². The molecule has 28 heavy (non-hydrogen) atoms. The molecule has 0 aliphatic carbocycles. The minimum atomic E-state index is -1.03. The van der Waals surface area contributed by atoms with E-state index in [9.17, 15) is 19.7 Å². The van der Waals surface area contributed by atoms with Gasteiger partial charge in [0.25, 0.3) is 11.6 Å². The zero-order valence-corrected chi connectivity index (χ0v) is 15.9. The molecule has 8 nitrogen and oxygen atoms in total. The van der Waals surface area contributed by atoms with Crippen LogP contribution in [0.15, 0.2) is 48.5 Å². The van der Waals surface area contributed by atoms with Crippen molar-refractivity contribution in [3.63, 3.8) is 0 Å². The lowest BCUT2D eigenvalue weighted by Gasteiger charge is -2.16. The number of ether oxygens (including phenoxy) is 2. The van der Waals surface area contributed by atoms with Crippen molar-refractivity contribution in [2.24, 2.45) is 0 Å². The molecule has 0 heterocycles. The summed E-state index contributed by atoms with van der Waals surface area (Å²) in [5.74, 6) is -0.958. The molecule has 0 aromatic heterocycles. The summed E-state index contributed by atoms with van der Waals surface area (Å²) in [4.78, 5) is 34.7. The molecule has 0 unspecified atom stereocenters. The molecule has 8 heteroatoms. The Labute approximate surface area is 162 Å². The number of methoxy groups -OCH3 is 1. The standard InChI is InChI=1S/C20H22N2O6/c1-13(15-7-5-4-6-8-15)11-19(23)28-14(2)20(24)21-17-10-9-16(22(25)26)12-18(17)27-3/h4-10,12-14H,11H2,1-3H3,(H,21,24)/t13-,14-/m0/s1. The molecule has 2 aromatic rings. The summed E-state index contributed by atoms with van der Waals surface area (Å²) in [6.07, 6.45) is -0.891. The van der Waals surface area contributed by atoms with E-state index >= 15 is 0 Å². The van der Waals surface area contributed by atoms with Crippen LogP contribution in [0, 0.1) is 10.1 Å².